The number of rotatable bonds is 6. The highest BCUT2D eigenvalue weighted by molar-refractivity contribution is 9.10. The lowest BCUT2D eigenvalue weighted by Gasteiger charge is -2.22. The first-order chi connectivity index (χ1) is 14.8. The Balaban J connectivity index is 1.40. The van der Waals surface area contributed by atoms with Gasteiger partial charge >= 0.3 is 0 Å². The van der Waals surface area contributed by atoms with Gasteiger partial charge in [0.15, 0.2) is 6.61 Å². The van der Waals surface area contributed by atoms with E-state index < -0.39 is 10.0 Å². The molecule has 0 bridgehead atoms. The largest absolute Gasteiger partial charge is 0.484 e. The number of carbonyl (C=O) groups is 1. The van der Waals surface area contributed by atoms with Crippen LogP contribution in [0.4, 0.5) is 11.4 Å². The van der Waals surface area contributed by atoms with Gasteiger partial charge in [-0.05, 0) is 73.5 Å². The van der Waals surface area contributed by atoms with E-state index >= 15 is 0 Å². The van der Waals surface area contributed by atoms with Gasteiger partial charge in [0.25, 0.3) is 15.9 Å². The van der Waals surface area contributed by atoms with Gasteiger partial charge in [0.1, 0.15) is 5.75 Å². The van der Waals surface area contributed by atoms with Gasteiger partial charge in [-0.3, -0.25) is 9.52 Å². The van der Waals surface area contributed by atoms with Gasteiger partial charge < -0.3 is 9.64 Å². The second kappa shape index (κ2) is 8.72. The van der Waals surface area contributed by atoms with E-state index in [4.69, 9.17) is 4.74 Å². The number of benzene rings is 3. The van der Waals surface area contributed by atoms with E-state index in [2.05, 4.69) is 20.7 Å². The van der Waals surface area contributed by atoms with Crippen molar-refractivity contribution in [2.75, 3.05) is 16.2 Å². The van der Waals surface area contributed by atoms with Gasteiger partial charge in [0.2, 0.25) is 0 Å². The summed E-state index contributed by atoms with van der Waals surface area (Å²) in [6.07, 6.45) is 0.793. The normalized spacial score (nSPS) is 15.4. The number of sulfonamides is 1. The first-order valence-electron chi connectivity index (χ1n) is 9.75. The van der Waals surface area contributed by atoms with Gasteiger partial charge in [-0.15, -0.1) is 0 Å². The lowest BCUT2D eigenvalue weighted by molar-refractivity contribution is -0.120. The molecular formula is C23H21BrN2O4S. The third kappa shape index (κ3) is 4.75. The maximum atomic E-state index is 12.8. The van der Waals surface area contributed by atoms with Crippen molar-refractivity contribution in [3.8, 4) is 5.75 Å². The quantitative estimate of drug-likeness (QED) is 0.536. The molecular weight excluding hydrogens is 480 g/mol. The molecule has 1 atom stereocenters. The molecule has 0 aliphatic carbocycles. The van der Waals surface area contributed by atoms with Gasteiger partial charge in [-0.2, -0.15) is 0 Å². The summed E-state index contributed by atoms with van der Waals surface area (Å²) in [4.78, 5) is 14.7. The summed E-state index contributed by atoms with van der Waals surface area (Å²) in [5.74, 6) is 0.283. The monoisotopic (exact) mass is 500 g/mol. The molecule has 0 saturated carbocycles. The van der Waals surface area contributed by atoms with Crippen LogP contribution in [0.3, 0.4) is 0 Å². The van der Waals surface area contributed by atoms with Crippen LogP contribution in [-0.2, 0) is 21.2 Å². The van der Waals surface area contributed by atoms with Crippen molar-refractivity contribution < 1.29 is 17.9 Å². The second-order valence-electron chi connectivity index (χ2n) is 7.32. The number of hydrogen-bond acceptors (Lipinski definition) is 4. The highest BCUT2D eigenvalue weighted by Gasteiger charge is 2.31. The zero-order valence-electron chi connectivity index (χ0n) is 16.8. The molecule has 1 unspecified atom stereocenters. The molecule has 8 heteroatoms. The van der Waals surface area contributed by atoms with E-state index in [0.29, 0.717) is 11.4 Å². The van der Waals surface area contributed by atoms with Crippen LogP contribution in [0.1, 0.15) is 12.5 Å². The maximum absolute atomic E-state index is 12.8. The Morgan fingerprint density at radius 1 is 1.10 bits per heavy atom. The van der Waals surface area contributed by atoms with E-state index in [1.807, 2.05) is 31.2 Å². The Bertz CT molecular complexity index is 1200. The molecule has 0 aromatic heterocycles. The average Bonchev–Trinajstić information content (AvgIpc) is 3.07. The number of para-hydroxylation sites is 1. The van der Waals surface area contributed by atoms with Crippen LogP contribution in [0.5, 0.6) is 5.75 Å². The maximum Gasteiger partial charge on any atom is 0.265 e. The lowest BCUT2D eigenvalue weighted by atomic mass is 10.1. The summed E-state index contributed by atoms with van der Waals surface area (Å²) in [7, 11) is -3.70. The summed E-state index contributed by atoms with van der Waals surface area (Å²) in [6.45, 7) is 1.87. The minimum absolute atomic E-state index is 0.0528. The van der Waals surface area contributed by atoms with Crippen molar-refractivity contribution in [3.05, 3.63) is 82.8 Å². The summed E-state index contributed by atoms with van der Waals surface area (Å²) < 4.78 is 34.2. The van der Waals surface area contributed by atoms with Crippen molar-refractivity contribution in [1.82, 2.24) is 0 Å². The number of anilines is 2. The Kier molecular flexibility index (Phi) is 6.02. The molecule has 6 nitrogen and oxygen atoms in total. The Morgan fingerprint density at radius 2 is 1.81 bits per heavy atom. The highest BCUT2D eigenvalue weighted by Crippen LogP contribution is 2.34. The zero-order valence-corrected chi connectivity index (χ0v) is 19.2. The van der Waals surface area contributed by atoms with E-state index in [-0.39, 0.29) is 23.5 Å². The second-order valence-corrected chi connectivity index (χ2v) is 9.92. The number of fused-ring (bicyclic) bond motifs is 1. The lowest BCUT2D eigenvalue weighted by Crippen LogP contribution is -2.39. The third-order valence-electron chi connectivity index (χ3n) is 5.05. The summed E-state index contributed by atoms with van der Waals surface area (Å²) in [5, 5.41) is 0. The predicted octanol–water partition coefficient (Wildman–Crippen LogP) is 4.61. The van der Waals surface area contributed by atoms with E-state index in [9.17, 15) is 13.2 Å². The molecule has 0 spiro atoms. The molecule has 160 valence electrons. The van der Waals surface area contributed by atoms with E-state index in [0.717, 1.165) is 22.1 Å². The van der Waals surface area contributed by atoms with Crippen LogP contribution in [0.25, 0.3) is 0 Å². The van der Waals surface area contributed by atoms with Gasteiger partial charge in [0.05, 0.1) is 4.90 Å². The molecule has 4 rings (SSSR count). The van der Waals surface area contributed by atoms with Crippen LogP contribution >= 0.6 is 15.9 Å². The zero-order chi connectivity index (χ0) is 22.0. The summed E-state index contributed by atoms with van der Waals surface area (Å²) in [6, 6.07) is 20.6. The predicted molar refractivity (Wildman–Crippen MR) is 124 cm³/mol. The topological polar surface area (TPSA) is 75.7 Å². The number of ether oxygens (including phenoxy) is 1. The number of hydrogen-bond donors (Lipinski definition) is 1. The Morgan fingerprint density at radius 3 is 2.52 bits per heavy atom. The molecule has 1 aliphatic rings. The van der Waals surface area contributed by atoms with Gasteiger partial charge in [-0.1, -0.05) is 34.1 Å². The molecule has 31 heavy (non-hydrogen) atoms. The van der Waals surface area contributed by atoms with Crippen LogP contribution in [0.15, 0.2) is 82.2 Å². The van der Waals surface area contributed by atoms with Crippen LogP contribution in [0, 0.1) is 0 Å². The minimum Gasteiger partial charge on any atom is -0.484 e. The minimum atomic E-state index is -3.70. The van der Waals surface area contributed by atoms with Crippen molar-refractivity contribution in [2.45, 2.75) is 24.3 Å². The number of nitrogens with one attached hydrogen (secondary N) is 1. The van der Waals surface area contributed by atoms with E-state index in [1.165, 1.54) is 12.1 Å². The molecule has 0 radical (unpaired) electrons. The smallest absolute Gasteiger partial charge is 0.265 e. The molecule has 1 N–H and O–H groups in total. The fourth-order valence-electron chi connectivity index (χ4n) is 3.63. The first-order valence-corrected chi connectivity index (χ1v) is 12.0. The van der Waals surface area contributed by atoms with Crippen molar-refractivity contribution in [3.63, 3.8) is 0 Å². The number of carbonyl (C=O) groups excluding carboxylic acids is 1. The Hall–Kier alpha value is -2.84. The summed E-state index contributed by atoms with van der Waals surface area (Å²) in [5.41, 5.74) is 2.51. The van der Waals surface area contributed by atoms with Crippen LogP contribution in [0.2, 0.25) is 0 Å². The molecule has 3 aromatic carbocycles. The SMILES string of the molecule is CC1Cc2cc(Br)ccc2N1C(=O)COc1ccc(S(=O)(=O)Nc2ccccc2)cc1. The number of nitrogens with zero attached hydrogens (tertiary/aromatic N) is 1. The average molecular weight is 501 g/mol. The van der Waals surface area contributed by atoms with Crippen LogP contribution in [-0.4, -0.2) is 27.0 Å². The molecule has 1 aliphatic heterocycles. The molecule has 1 heterocycles. The molecule has 1 amide bonds. The van der Waals surface area contributed by atoms with Gasteiger partial charge in [-0.25, -0.2) is 8.42 Å². The number of amides is 1. The first kappa shape index (κ1) is 21.4. The van der Waals surface area contributed by atoms with E-state index in [1.54, 1.807) is 41.3 Å². The standard InChI is InChI=1S/C23H21BrN2O4S/c1-16-13-17-14-18(24)7-12-22(17)26(16)23(27)15-30-20-8-10-21(11-9-20)31(28,29)25-19-5-3-2-4-6-19/h2-12,14,16,25H,13,15H2,1H3. The third-order valence-corrected chi connectivity index (χ3v) is 6.94. The number of halogens is 1. The fraction of sp³-hybridized carbons (Fsp3) is 0.174. The van der Waals surface area contributed by atoms with Crippen molar-refractivity contribution in [2.24, 2.45) is 0 Å². The van der Waals surface area contributed by atoms with Crippen LogP contribution < -0.4 is 14.4 Å². The highest BCUT2D eigenvalue weighted by atomic mass is 79.9. The van der Waals surface area contributed by atoms with Crippen molar-refractivity contribution in [1.29, 1.82) is 0 Å². The molecule has 3 aromatic rings. The summed E-state index contributed by atoms with van der Waals surface area (Å²) >= 11 is 3.47. The van der Waals surface area contributed by atoms with Gasteiger partial charge in [0, 0.05) is 21.9 Å². The Labute approximate surface area is 190 Å². The molecule has 0 saturated heterocycles. The van der Waals surface area contributed by atoms with Crippen molar-refractivity contribution >= 4 is 43.2 Å². The fourth-order valence-corrected chi connectivity index (χ4v) is 5.10. The molecule has 0 fully saturated rings.